The van der Waals surface area contributed by atoms with Crippen LogP contribution in [-0.2, 0) is 6.54 Å². The molecule has 1 saturated heterocycles. The molecule has 0 bridgehead atoms. The van der Waals surface area contributed by atoms with Crippen LogP contribution in [0.15, 0.2) is 6.07 Å². The highest BCUT2D eigenvalue weighted by Crippen LogP contribution is 2.23. The summed E-state index contributed by atoms with van der Waals surface area (Å²) in [6.07, 6.45) is 0. The van der Waals surface area contributed by atoms with Gasteiger partial charge in [-0.2, -0.15) is 11.8 Å². The van der Waals surface area contributed by atoms with Crippen LogP contribution in [0.3, 0.4) is 0 Å². The van der Waals surface area contributed by atoms with Crippen LogP contribution in [0.4, 0.5) is 0 Å². The van der Waals surface area contributed by atoms with Crippen molar-refractivity contribution in [3.05, 3.63) is 21.4 Å². The maximum absolute atomic E-state index is 11.4. The Hall–Kier alpha value is -0.560. The minimum atomic E-state index is -0.196. The van der Waals surface area contributed by atoms with Crippen LogP contribution in [0.1, 0.15) is 20.1 Å². The van der Waals surface area contributed by atoms with E-state index in [9.17, 15) is 4.79 Å². The number of thiophene rings is 1. The summed E-state index contributed by atoms with van der Waals surface area (Å²) in [7, 11) is 0. The zero-order valence-electron chi connectivity index (χ0n) is 9.86. The Morgan fingerprint density at radius 1 is 1.53 bits per heavy atom. The highest BCUT2D eigenvalue weighted by atomic mass is 32.2. The third-order valence-corrected chi connectivity index (χ3v) is 4.91. The molecule has 0 unspecified atom stereocenters. The van der Waals surface area contributed by atoms with Gasteiger partial charge in [0.05, 0.1) is 4.88 Å². The van der Waals surface area contributed by atoms with Crippen molar-refractivity contribution in [3.63, 3.8) is 0 Å². The van der Waals surface area contributed by atoms with Gasteiger partial charge in [-0.1, -0.05) is 0 Å². The van der Waals surface area contributed by atoms with Crippen molar-refractivity contribution in [2.75, 3.05) is 24.6 Å². The van der Waals surface area contributed by atoms with E-state index in [1.54, 1.807) is 0 Å². The van der Waals surface area contributed by atoms with Crippen molar-refractivity contribution >= 4 is 29.0 Å². The number of nitrogens with zero attached hydrogens (tertiary/aromatic N) is 1. The molecule has 1 aliphatic heterocycles. The van der Waals surface area contributed by atoms with E-state index in [1.165, 1.54) is 33.3 Å². The molecule has 4 nitrogen and oxygen atoms in total. The smallest absolute Gasteiger partial charge is 0.275 e. The van der Waals surface area contributed by atoms with E-state index < -0.39 is 0 Å². The molecule has 0 saturated carbocycles. The summed E-state index contributed by atoms with van der Waals surface area (Å²) in [5, 5.41) is 0. The molecule has 3 N–H and O–H groups in total. The van der Waals surface area contributed by atoms with Crippen LogP contribution in [0.2, 0.25) is 0 Å². The fraction of sp³-hybridized carbons (Fsp3) is 0.545. The molecule has 0 spiro atoms. The van der Waals surface area contributed by atoms with E-state index in [0.29, 0.717) is 4.88 Å². The highest BCUT2D eigenvalue weighted by molar-refractivity contribution is 7.99. The third kappa shape index (κ3) is 3.22. The van der Waals surface area contributed by atoms with Gasteiger partial charge in [-0.15, -0.1) is 11.3 Å². The molecular formula is C11H17N3OS2. The van der Waals surface area contributed by atoms with Gasteiger partial charge in [0.1, 0.15) is 0 Å². The van der Waals surface area contributed by atoms with Crippen molar-refractivity contribution in [1.82, 2.24) is 10.3 Å². The SMILES string of the molecule is Cc1sc(C(=O)NN)cc1CN1CCSCC1. The number of nitrogens with two attached hydrogens (primary N) is 1. The summed E-state index contributed by atoms with van der Waals surface area (Å²) in [5.41, 5.74) is 3.43. The molecule has 6 heteroatoms. The number of carbonyl (C=O) groups excluding carboxylic acids is 1. The van der Waals surface area contributed by atoms with Crippen molar-refractivity contribution < 1.29 is 4.79 Å². The summed E-state index contributed by atoms with van der Waals surface area (Å²) in [5.74, 6) is 7.36. The van der Waals surface area contributed by atoms with E-state index in [1.807, 2.05) is 17.8 Å². The summed E-state index contributed by atoms with van der Waals surface area (Å²) >= 11 is 3.52. The first-order valence-corrected chi connectivity index (χ1v) is 7.58. The maximum atomic E-state index is 11.4. The molecule has 0 aliphatic carbocycles. The van der Waals surface area contributed by atoms with E-state index >= 15 is 0 Å². The minimum absolute atomic E-state index is 0.196. The lowest BCUT2D eigenvalue weighted by Crippen LogP contribution is -2.32. The molecule has 0 radical (unpaired) electrons. The monoisotopic (exact) mass is 271 g/mol. The number of carbonyl (C=O) groups is 1. The molecule has 1 amide bonds. The second-order valence-electron chi connectivity index (χ2n) is 4.05. The normalized spacial score (nSPS) is 17.1. The molecule has 2 heterocycles. The van der Waals surface area contributed by atoms with Crippen LogP contribution in [0, 0.1) is 6.92 Å². The van der Waals surface area contributed by atoms with E-state index in [-0.39, 0.29) is 5.91 Å². The number of aryl methyl sites for hydroxylation is 1. The standard InChI is InChI=1S/C11H17N3OS2/c1-8-9(6-10(17-8)11(15)13-12)7-14-2-4-16-5-3-14/h6H,2-5,7,12H2,1H3,(H,13,15). The van der Waals surface area contributed by atoms with Crippen molar-refractivity contribution in [2.24, 2.45) is 5.84 Å². The summed E-state index contributed by atoms with van der Waals surface area (Å²) in [6.45, 7) is 5.28. The predicted octanol–water partition coefficient (Wildman–Crippen LogP) is 1.21. The number of hydrogen-bond acceptors (Lipinski definition) is 5. The molecule has 1 aromatic rings. The van der Waals surface area contributed by atoms with Gasteiger partial charge in [-0.25, -0.2) is 5.84 Å². The Kier molecular flexibility index (Phi) is 4.44. The third-order valence-electron chi connectivity index (χ3n) is 2.87. The second kappa shape index (κ2) is 5.86. The van der Waals surface area contributed by atoms with Crippen LogP contribution in [0.25, 0.3) is 0 Å². The highest BCUT2D eigenvalue weighted by Gasteiger charge is 2.15. The first-order chi connectivity index (χ1) is 8.20. The zero-order chi connectivity index (χ0) is 12.3. The van der Waals surface area contributed by atoms with E-state index in [4.69, 9.17) is 5.84 Å². The Labute approximate surface area is 110 Å². The van der Waals surface area contributed by atoms with Crippen molar-refractivity contribution in [1.29, 1.82) is 0 Å². The van der Waals surface area contributed by atoms with Gasteiger partial charge in [0.2, 0.25) is 0 Å². The van der Waals surface area contributed by atoms with Crippen molar-refractivity contribution in [2.45, 2.75) is 13.5 Å². The zero-order valence-corrected chi connectivity index (χ0v) is 11.5. The molecule has 0 aromatic carbocycles. The molecule has 1 aromatic heterocycles. The average Bonchev–Trinajstić information content (AvgIpc) is 2.71. The predicted molar refractivity (Wildman–Crippen MR) is 73.3 cm³/mol. The largest absolute Gasteiger partial charge is 0.297 e. The summed E-state index contributed by atoms with van der Waals surface area (Å²) < 4.78 is 0. The summed E-state index contributed by atoms with van der Waals surface area (Å²) in [6, 6.07) is 1.96. The van der Waals surface area contributed by atoms with Gasteiger partial charge < -0.3 is 0 Å². The maximum Gasteiger partial charge on any atom is 0.275 e. The number of nitrogens with one attached hydrogen (secondary N) is 1. The fourth-order valence-electron chi connectivity index (χ4n) is 1.86. The van der Waals surface area contributed by atoms with E-state index in [0.717, 1.165) is 19.6 Å². The average molecular weight is 271 g/mol. The molecule has 1 aliphatic rings. The van der Waals surface area contributed by atoms with Gasteiger partial charge in [0.15, 0.2) is 0 Å². The van der Waals surface area contributed by atoms with Gasteiger partial charge in [0.25, 0.3) is 5.91 Å². The first-order valence-electron chi connectivity index (χ1n) is 5.61. The van der Waals surface area contributed by atoms with Crippen LogP contribution in [0.5, 0.6) is 0 Å². The molecular weight excluding hydrogens is 254 g/mol. The minimum Gasteiger partial charge on any atom is -0.297 e. The van der Waals surface area contributed by atoms with Gasteiger partial charge in [-0.05, 0) is 18.6 Å². The lowest BCUT2D eigenvalue weighted by Gasteiger charge is -2.25. The number of hydrogen-bond donors (Lipinski definition) is 2. The second-order valence-corrected chi connectivity index (χ2v) is 6.54. The first kappa shape index (κ1) is 12.9. The van der Waals surface area contributed by atoms with Crippen LogP contribution < -0.4 is 11.3 Å². The number of nitrogen functional groups attached to an aromatic ring is 1. The fourth-order valence-corrected chi connectivity index (χ4v) is 3.78. The Morgan fingerprint density at radius 2 is 2.24 bits per heavy atom. The lowest BCUT2D eigenvalue weighted by atomic mass is 10.2. The topological polar surface area (TPSA) is 58.4 Å². The Balaban J connectivity index is 2.04. The summed E-state index contributed by atoms with van der Waals surface area (Å²) in [4.78, 5) is 15.8. The van der Waals surface area contributed by atoms with Gasteiger partial charge in [-0.3, -0.25) is 15.1 Å². The Bertz CT molecular complexity index is 399. The molecule has 2 rings (SSSR count). The molecule has 17 heavy (non-hydrogen) atoms. The van der Waals surface area contributed by atoms with E-state index in [2.05, 4.69) is 17.2 Å². The number of amides is 1. The van der Waals surface area contributed by atoms with Crippen LogP contribution in [-0.4, -0.2) is 35.4 Å². The number of thioether (sulfide) groups is 1. The lowest BCUT2D eigenvalue weighted by molar-refractivity contribution is 0.0957. The Morgan fingerprint density at radius 3 is 2.88 bits per heavy atom. The van der Waals surface area contributed by atoms with Crippen molar-refractivity contribution in [3.8, 4) is 0 Å². The number of hydrazine groups is 1. The van der Waals surface area contributed by atoms with Gasteiger partial charge in [0, 0.05) is 36.0 Å². The quantitative estimate of drug-likeness (QED) is 0.493. The van der Waals surface area contributed by atoms with Crippen LogP contribution >= 0.6 is 23.1 Å². The molecule has 1 fully saturated rings. The molecule has 94 valence electrons. The number of rotatable bonds is 3. The molecule has 0 atom stereocenters. The van der Waals surface area contributed by atoms with Gasteiger partial charge >= 0.3 is 0 Å².